The van der Waals surface area contributed by atoms with Crippen molar-refractivity contribution < 1.29 is 17.9 Å². The molecule has 2 aliphatic rings. The van der Waals surface area contributed by atoms with Crippen molar-refractivity contribution in [2.24, 2.45) is 0 Å². The van der Waals surface area contributed by atoms with Crippen LogP contribution >= 0.6 is 23.1 Å². The Morgan fingerprint density at radius 1 is 1.28 bits per heavy atom. The minimum absolute atomic E-state index is 0.108. The van der Waals surface area contributed by atoms with Gasteiger partial charge in [0.1, 0.15) is 5.56 Å². The highest BCUT2D eigenvalue weighted by atomic mass is 32.2. The Kier molecular flexibility index (Phi) is 7.43. The van der Waals surface area contributed by atoms with E-state index in [-0.39, 0.29) is 11.6 Å². The molecule has 36 heavy (non-hydrogen) atoms. The fourth-order valence-electron chi connectivity index (χ4n) is 4.48. The number of thioether (sulfide) groups is 1. The number of benzene rings is 1. The summed E-state index contributed by atoms with van der Waals surface area (Å²) < 4.78 is 47.2. The molecular weight excluding hydrogens is 507 g/mol. The lowest BCUT2D eigenvalue weighted by molar-refractivity contribution is -0.137. The SMILES string of the molecule is CCc1cc(N2CCNCC2C)ccc1Nc1ncc(C(F)(F)F)c(-c2cc3c(s2)COCCS3)n1. The fraction of sp³-hybridized carbons (Fsp3) is 0.440. The van der Waals surface area contributed by atoms with Crippen molar-refractivity contribution in [3.05, 3.63) is 46.5 Å². The third-order valence-electron chi connectivity index (χ3n) is 6.37. The number of thiophene rings is 1. The topological polar surface area (TPSA) is 62.3 Å². The van der Waals surface area contributed by atoms with Crippen LogP contribution in [0.4, 0.5) is 30.5 Å². The number of alkyl halides is 3. The van der Waals surface area contributed by atoms with Gasteiger partial charge in [-0.1, -0.05) is 6.92 Å². The number of ether oxygens (including phenoxy) is 1. The summed E-state index contributed by atoms with van der Waals surface area (Å²) in [6.45, 7) is 8.08. The van der Waals surface area contributed by atoms with Gasteiger partial charge in [-0.25, -0.2) is 9.97 Å². The van der Waals surface area contributed by atoms with Crippen LogP contribution in [0, 0.1) is 0 Å². The number of piperazine rings is 1. The molecule has 2 N–H and O–H groups in total. The van der Waals surface area contributed by atoms with Crippen LogP contribution in [0.1, 0.15) is 29.9 Å². The van der Waals surface area contributed by atoms with Crippen LogP contribution in [0.2, 0.25) is 0 Å². The van der Waals surface area contributed by atoms with Gasteiger partial charge < -0.3 is 20.3 Å². The van der Waals surface area contributed by atoms with E-state index in [1.165, 1.54) is 11.3 Å². The summed E-state index contributed by atoms with van der Waals surface area (Å²) in [4.78, 5) is 13.1. The van der Waals surface area contributed by atoms with Crippen LogP contribution in [0.25, 0.3) is 10.6 Å². The molecule has 6 nitrogen and oxygen atoms in total. The van der Waals surface area contributed by atoms with Crippen LogP contribution in [0.3, 0.4) is 0 Å². The van der Waals surface area contributed by atoms with Gasteiger partial charge in [0, 0.05) is 58.8 Å². The zero-order valence-corrected chi connectivity index (χ0v) is 21.7. The first-order valence-electron chi connectivity index (χ1n) is 12.0. The van der Waals surface area contributed by atoms with Crippen molar-refractivity contribution in [2.45, 2.75) is 44.0 Å². The zero-order chi connectivity index (χ0) is 25.3. The van der Waals surface area contributed by atoms with Gasteiger partial charge >= 0.3 is 6.18 Å². The summed E-state index contributed by atoms with van der Waals surface area (Å²) in [5.41, 5.74) is 2.04. The van der Waals surface area contributed by atoms with Gasteiger partial charge in [0.15, 0.2) is 0 Å². The van der Waals surface area contributed by atoms with E-state index in [2.05, 4.69) is 45.4 Å². The predicted molar refractivity (Wildman–Crippen MR) is 140 cm³/mol. The molecule has 0 spiro atoms. The van der Waals surface area contributed by atoms with Crippen LogP contribution in [0.5, 0.6) is 0 Å². The molecule has 0 radical (unpaired) electrons. The van der Waals surface area contributed by atoms with Crippen molar-refractivity contribution in [1.82, 2.24) is 15.3 Å². The minimum atomic E-state index is -4.56. The number of nitrogens with one attached hydrogen (secondary N) is 2. The second-order valence-corrected chi connectivity index (χ2v) is 11.1. The largest absolute Gasteiger partial charge is 0.420 e. The molecular formula is C25H28F3N5OS2. The molecule has 1 saturated heterocycles. The normalized spacial score (nSPS) is 18.6. The van der Waals surface area contributed by atoms with E-state index in [0.29, 0.717) is 24.1 Å². The van der Waals surface area contributed by atoms with E-state index in [1.54, 1.807) is 17.8 Å². The maximum Gasteiger partial charge on any atom is 0.420 e. The molecule has 192 valence electrons. The molecule has 2 aromatic heterocycles. The molecule has 11 heteroatoms. The standard InChI is InChI=1S/C25H28F3N5OS2/c1-3-16-10-17(33-7-6-29-12-15(33)2)4-5-19(16)31-24-30-13-18(25(26,27)28)23(32-24)21-11-20-22(36-21)14-34-8-9-35-20/h4-5,10-11,13,15,29H,3,6-9,12,14H2,1-2H3,(H,30,31,32). The van der Waals surface area contributed by atoms with Gasteiger partial charge in [-0.3, -0.25) is 0 Å². The van der Waals surface area contributed by atoms with Crippen molar-refractivity contribution in [3.8, 4) is 10.6 Å². The molecule has 4 heterocycles. The number of aryl methyl sites for hydroxylation is 1. The number of anilines is 3. The molecule has 3 aromatic rings. The first-order chi connectivity index (χ1) is 17.3. The fourth-order valence-corrected chi connectivity index (χ4v) is 6.70. The van der Waals surface area contributed by atoms with Crippen LogP contribution in [-0.2, 0) is 23.9 Å². The molecule has 1 unspecified atom stereocenters. The average molecular weight is 536 g/mol. The lowest BCUT2D eigenvalue weighted by atomic mass is 10.1. The second kappa shape index (κ2) is 10.6. The van der Waals surface area contributed by atoms with Gasteiger partial charge in [-0.15, -0.1) is 23.1 Å². The monoisotopic (exact) mass is 535 g/mol. The summed E-state index contributed by atoms with van der Waals surface area (Å²) in [6, 6.07) is 8.32. The molecule has 5 rings (SSSR count). The first-order valence-corrected chi connectivity index (χ1v) is 13.8. The van der Waals surface area contributed by atoms with Gasteiger partial charge in [0.2, 0.25) is 5.95 Å². The Bertz CT molecular complexity index is 1210. The Morgan fingerprint density at radius 3 is 2.92 bits per heavy atom. The van der Waals surface area contributed by atoms with E-state index >= 15 is 0 Å². The van der Waals surface area contributed by atoms with Gasteiger partial charge in [-0.05, 0) is 43.2 Å². The third kappa shape index (κ3) is 5.34. The Morgan fingerprint density at radius 2 is 2.14 bits per heavy atom. The molecule has 2 aliphatic heterocycles. The van der Waals surface area contributed by atoms with Crippen molar-refractivity contribution >= 4 is 40.4 Å². The van der Waals surface area contributed by atoms with E-state index in [9.17, 15) is 13.2 Å². The Labute approximate surface area is 216 Å². The second-order valence-electron chi connectivity index (χ2n) is 8.82. The third-order valence-corrected chi connectivity index (χ3v) is 8.66. The van der Waals surface area contributed by atoms with E-state index in [4.69, 9.17) is 4.74 Å². The number of rotatable bonds is 5. The summed E-state index contributed by atoms with van der Waals surface area (Å²) in [5.74, 6) is 0.914. The molecule has 0 bridgehead atoms. The number of hydrogen-bond donors (Lipinski definition) is 2. The molecule has 0 aliphatic carbocycles. The van der Waals surface area contributed by atoms with Gasteiger partial charge in [0.05, 0.1) is 23.8 Å². The van der Waals surface area contributed by atoms with Crippen molar-refractivity contribution in [3.63, 3.8) is 0 Å². The highest BCUT2D eigenvalue weighted by Gasteiger charge is 2.36. The molecule has 0 saturated carbocycles. The first kappa shape index (κ1) is 25.3. The molecule has 1 aromatic carbocycles. The highest BCUT2D eigenvalue weighted by molar-refractivity contribution is 7.99. The van der Waals surface area contributed by atoms with E-state index in [0.717, 1.165) is 64.7 Å². The van der Waals surface area contributed by atoms with Crippen LogP contribution in [-0.4, -0.2) is 48.0 Å². The van der Waals surface area contributed by atoms with Crippen LogP contribution < -0.4 is 15.5 Å². The summed E-state index contributed by atoms with van der Waals surface area (Å²) in [6.07, 6.45) is -2.92. The quantitative estimate of drug-likeness (QED) is 0.419. The smallest absolute Gasteiger partial charge is 0.375 e. The highest BCUT2D eigenvalue weighted by Crippen LogP contribution is 2.43. The number of halogens is 3. The maximum atomic E-state index is 13.9. The Hall–Kier alpha value is -2.34. The molecule has 1 fully saturated rings. The van der Waals surface area contributed by atoms with Gasteiger partial charge in [0.25, 0.3) is 0 Å². The number of hydrogen-bond acceptors (Lipinski definition) is 8. The molecule has 0 amide bonds. The maximum absolute atomic E-state index is 13.9. The van der Waals surface area contributed by atoms with Crippen molar-refractivity contribution in [1.29, 1.82) is 0 Å². The average Bonchev–Trinajstić information content (AvgIpc) is 3.14. The lowest BCUT2D eigenvalue weighted by Crippen LogP contribution is -2.49. The summed E-state index contributed by atoms with van der Waals surface area (Å²) >= 11 is 2.90. The molecule has 1 atom stereocenters. The van der Waals surface area contributed by atoms with E-state index in [1.807, 2.05) is 12.1 Å². The summed E-state index contributed by atoms with van der Waals surface area (Å²) in [5, 5.41) is 6.58. The van der Waals surface area contributed by atoms with E-state index < -0.39 is 11.7 Å². The predicted octanol–water partition coefficient (Wildman–Crippen LogP) is 5.95. The Balaban J connectivity index is 1.47. The minimum Gasteiger partial charge on any atom is -0.375 e. The zero-order valence-electron chi connectivity index (χ0n) is 20.1. The van der Waals surface area contributed by atoms with Crippen LogP contribution in [0.15, 0.2) is 35.4 Å². The summed E-state index contributed by atoms with van der Waals surface area (Å²) in [7, 11) is 0. The lowest BCUT2D eigenvalue weighted by Gasteiger charge is -2.36. The van der Waals surface area contributed by atoms with Crippen molar-refractivity contribution in [2.75, 3.05) is 42.2 Å². The number of aromatic nitrogens is 2. The number of nitrogens with zero attached hydrogens (tertiary/aromatic N) is 3. The number of fused-ring (bicyclic) bond motifs is 1. The van der Waals surface area contributed by atoms with Gasteiger partial charge in [-0.2, -0.15) is 13.2 Å².